The first-order chi connectivity index (χ1) is 10.7. The van der Waals surface area contributed by atoms with Crippen molar-refractivity contribution in [2.24, 2.45) is 0 Å². The average molecular weight is 303 g/mol. The van der Waals surface area contributed by atoms with Crippen LogP contribution in [0.3, 0.4) is 0 Å². The van der Waals surface area contributed by atoms with Crippen LogP contribution in [0.1, 0.15) is 17.4 Å². The Kier molecular flexibility index (Phi) is 5.53. The lowest BCUT2D eigenvalue weighted by Gasteiger charge is -2.08. The maximum Gasteiger partial charge on any atom is 0.271 e. The lowest BCUT2D eigenvalue weighted by Crippen LogP contribution is -2.29. The Morgan fingerprint density at radius 3 is 2.41 bits per heavy atom. The van der Waals surface area contributed by atoms with E-state index in [0.717, 1.165) is 5.75 Å². The molecule has 0 spiro atoms. The van der Waals surface area contributed by atoms with Crippen molar-refractivity contribution in [1.82, 2.24) is 15.5 Å². The van der Waals surface area contributed by atoms with Gasteiger partial charge in [-0.1, -0.05) is 0 Å². The minimum atomic E-state index is -0.369. The number of nitrogens with zero attached hydrogens (tertiary/aromatic N) is 1. The minimum absolute atomic E-state index is 0.153. The van der Waals surface area contributed by atoms with Crippen molar-refractivity contribution in [1.29, 1.82) is 0 Å². The number of nitrogens with one attached hydrogen (secondary N) is 2. The van der Waals surface area contributed by atoms with Gasteiger partial charge in [-0.2, -0.15) is 5.10 Å². The topological polar surface area (TPSA) is 93.3 Å². The molecule has 7 nitrogen and oxygen atoms in total. The van der Waals surface area contributed by atoms with Crippen LogP contribution in [-0.2, 0) is 0 Å². The van der Waals surface area contributed by atoms with Crippen LogP contribution in [0.15, 0.2) is 41.2 Å². The van der Waals surface area contributed by atoms with Gasteiger partial charge in [-0.05, 0) is 37.3 Å². The number of aromatic amines is 1. The van der Waals surface area contributed by atoms with E-state index in [4.69, 9.17) is 9.47 Å². The summed E-state index contributed by atoms with van der Waals surface area (Å²) in [5.74, 6) is 1.11. The molecule has 22 heavy (non-hydrogen) atoms. The van der Waals surface area contributed by atoms with Gasteiger partial charge in [-0.25, -0.2) is 5.10 Å². The molecule has 0 saturated carbocycles. The molecular formula is C15H17N3O4. The molecule has 0 bridgehead atoms. The van der Waals surface area contributed by atoms with Crippen LogP contribution < -0.4 is 20.3 Å². The minimum Gasteiger partial charge on any atom is -0.494 e. The number of carbonyl (C=O) groups excluding carboxylic acids is 1. The Hall–Kier alpha value is -2.83. The lowest BCUT2D eigenvalue weighted by atomic mass is 10.3. The summed E-state index contributed by atoms with van der Waals surface area (Å²) in [5.41, 5.74) is -0.198. The molecule has 0 aliphatic rings. The molecule has 1 amide bonds. The summed E-state index contributed by atoms with van der Waals surface area (Å²) >= 11 is 0. The molecule has 0 aliphatic heterocycles. The standard InChI is InChI=1S/C15H17N3O4/c1-2-21-11-3-5-12(6-4-11)22-10-9-16-15(20)13-7-8-14(19)18-17-13/h3-8H,2,9-10H2,1H3,(H,16,20)(H,18,19). The zero-order valence-corrected chi connectivity index (χ0v) is 12.2. The summed E-state index contributed by atoms with van der Waals surface area (Å²) in [5, 5.41) is 8.49. The molecule has 2 N–H and O–H groups in total. The van der Waals surface area contributed by atoms with E-state index < -0.39 is 0 Å². The largest absolute Gasteiger partial charge is 0.494 e. The molecule has 2 aromatic rings. The van der Waals surface area contributed by atoms with Crippen molar-refractivity contribution in [3.8, 4) is 11.5 Å². The number of benzene rings is 1. The molecule has 2 rings (SSSR count). The highest BCUT2D eigenvalue weighted by molar-refractivity contribution is 5.91. The fourth-order valence-electron chi connectivity index (χ4n) is 1.69. The van der Waals surface area contributed by atoms with Gasteiger partial charge in [0.1, 0.15) is 23.8 Å². The van der Waals surface area contributed by atoms with Crippen LogP contribution in [0, 0.1) is 0 Å². The van der Waals surface area contributed by atoms with Gasteiger partial charge in [-0.3, -0.25) is 9.59 Å². The van der Waals surface area contributed by atoms with E-state index in [1.165, 1.54) is 12.1 Å². The van der Waals surface area contributed by atoms with E-state index in [-0.39, 0.29) is 17.2 Å². The fourth-order valence-corrected chi connectivity index (χ4v) is 1.69. The smallest absolute Gasteiger partial charge is 0.271 e. The summed E-state index contributed by atoms with van der Waals surface area (Å²) < 4.78 is 10.8. The second-order valence-electron chi connectivity index (χ2n) is 4.32. The van der Waals surface area contributed by atoms with Crippen molar-refractivity contribution in [2.75, 3.05) is 19.8 Å². The van der Waals surface area contributed by atoms with Crippen LogP contribution >= 0.6 is 0 Å². The van der Waals surface area contributed by atoms with Gasteiger partial charge in [0, 0.05) is 6.07 Å². The number of amides is 1. The highest BCUT2D eigenvalue weighted by Gasteiger charge is 2.06. The van der Waals surface area contributed by atoms with Crippen molar-refractivity contribution in [2.45, 2.75) is 6.92 Å². The number of rotatable bonds is 7. The number of hydrogen-bond donors (Lipinski definition) is 2. The molecule has 0 fully saturated rings. The van der Waals surface area contributed by atoms with Gasteiger partial charge in [0.2, 0.25) is 0 Å². The maximum absolute atomic E-state index is 11.7. The summed E-state index contributed by atoms with van der Waals surface area (Å²) in [6.45, 7) is 3.19. The van der Waals surface area contributed by atoms with Crippen molar-refractivity contribution >= 4 is 5.91 Å². The molecule has 0 atom stereocenters. The molecule has 1 aromatic heterocycles. The lowest BCUT2D eigenvalue weighted by molar-refractivity contribution is 0.0941. The highest BCUT2D eigenvalue weighted by Crippen LogP contribution is 2.17. The van der Waals surface area contributed by atoms with Crippen LogP contribution in [0.25, 0.3) is 0 Å². The highest BCUT2D eigenvalue weighted by atomic mass is 16.5. The Labute approximate surface area is 127 Å². The van der Waals surface area contributed by atoms with Crippen molar-refractivity contribution in [3.63, 3.8) is 0 Å². The third-order valence-electron chi connectivity index (χ3n) is 2.70. The molecule has 0 radical (unpaired) electrons. The first-order valence-electron chi connectivity index (χ1n) is 6.88. The summed E-state index contributed by atoms with van der Waals surface area (Å²) in [6, 6.07) is 9.86. The van der Waals surface area contributed by atoms with Crippen LogP contribution in [0.5, 0.6) is 11.5 Å². The van der Waals surface area contributed by atoms with Crippen molar-refractivity contribution in [3.05, 3.63) is 52.4 Å². The van der Waals surface area contributed by atoms with E-state index in [1.54, 1.807) is 12.1 Å². The molecular weight excluding hydrogens is 286 g/mol. The SMILES string of the molecule is CCOc1ccc(OCCNC(=O)c2ccc(=O)[nH]n2)cc1. The number of carbonyl (C=O) groups is 1. The van der Waals surface area contributed by atoms with Gasteiger partial charge in [-0.15, -0.1) is 0 Å². The van der Waals surface area contributed by atoms with E-state index in [2.05, 4.69) is 15.5 Å². The van der Waals surface area contributed by atoms with E-state index in [0.29, 0.717) is 25.5 Å². The van der Waals surface area contributed by atoms with Crippen LogP contribution in [0.4, 0.5) is 0 Å². The van der Waals surface area contributed by atoms with Gasteiger partial charge in [0.05, 0.1) is 13.2 Å². The molecule has 0 unspecified atom stereocenters. The quantitative estimate of drug-likeness (QED) is 0.744. The normalized spacial score (nSPS) is 10.0. The number of hydrogen-bond acceptors (Lipinski definition) is 5. The molecule has 116 valence electrons. The summed E-state index contributed by atoms with van der Waals surface area (Å²) in [6.07, 6.45) is 0. The summed E-state index contributed by atoms with van der Waals surface area (Å²) in [7, 11) is 0. The third-order valence-corrected chi connectivity index (χ3v) is 2.70. The van der Waals surface area contributed by atoms with Gasteiger partial charge in [0.25, 0.3) is 11.5 Å². The van der Waals surface area contributed by atoms with E-state index >= 15 is 0 Å². The van der Waals surface area contributed by atoms with Gasteiger partial charge in [0.15, 0.2) is 0 Å². The zero-order chi connectivity index (χ0) is 15.8. The molecule has 7 heteroatoms. The number of aromatic nitrogens is 2. The van der Waals surface area contributed by atoms with Crippen molar-refractivity contribution < 1.29 is 14.3 Å². The number of H-pyrrole nitrogens is 1. The predicted molar refractivity (Wildman–Crippen MR) is 80.3 cm³/mol. The maximum atomic E-state index is 11.7. The van der Waals surface area contributed by atoms with Crippen LogP contribution in [-0.4, -0.2) is 35.9 Å². The molecule has 0 saturated heterocycles. The van der Waals surface area contributed by atoms with E-state index in [1.807, 2.05) is 19.1 Å². The Balaban J connectivity index is 1.73. The zero-order valence-electron chi connectivity index (χ0n) is 12.2. The molecule has 1 heterocycles. The second kappa shape index (κ2) is 7.82. The number of ether oxygens (including phenoxy) is 2. The Morgan fingerprint density at radius 1 is 1.14 bits per heavy atom. The third kappa shape index (κ3) is 4.62. The van der Waals surface area contributed by atoms with E-state index in [9.17, 15) is 9.59 Å². The first kappa shape index (κ1) is 15.6. The molecule has 1 aromatic carbocycles. The second-order valence-corrected chi connectivity index (χ2v) is 4.32. The predicted octanol–water partition coefficient (Wildman–Crippen LogP) is 0.977. The first-order valence-corrected chi connectivity index (χ1v) is 6.88. The Morgan fingerprint density at radius 2 is 1.82 bits per heavy atom. The Bertz CT molecular complexity index is 647. The molecule has 0 aliphatic carbocycles. The fraction of sp³-hybridized carbons (Fsp3) is 0.267. The van der Waals surface area contributed by atoms with Gasteiger partial charge < -0.3 is 14.8 Å². The van der Waals surface area contributed by atoms with Crippen LogP contribution in [0.2, 0.25) is 0 Å². The average Bonchev–Trinajstić information content (AvgIpc) is 2.54. The monoisotopic (exact) mass is 303 g/mol. The van der Waals surface area contributed by atoms with Gasteiger partial charge >= 0.3 is 0 Å². The summed E-state index contributed by atoms with van der Waals surface area (Å²) in [4.78, 5) is 22.6.